The van der Waals surface area contributed by atoms with Gasteiger partial charge in [-0.05, 0) is 48.2 Å². The number of anilines is 2. The summed E-state index contributed by atoms with van der Waals surface area (Å²) in [6.07, 6.45) is 5.17. The lowest BCUT2D eigenvalue weighted by Gasteiger charge is -2.19. The Balaban J connectivity index is 1.44. The van der Waals surface area contributed by atoms with Crippen LogP contribution in [0.5, 0.6) is 0 Å². The lowest BCUT2D eigenvalue weighted by atomic mass is 10.0. The van der Waals surface area contributed by atoms with E-state index in [1.54, 1.807) is 53.2 Å². The summed E-state index contributed by atoms with van der Waals surface area (Å²) in [5.41, 5.74) is 2.62. The fourth-order valence-electron chi connectivity index (χ4n) is 4.06. The number of pyridine rings is 1. The van der Waals surface area contributed by atoms with Gasteiger partial charge in [0.2, 0.25) is 0 Å². The third-order valence-electron chi connectivity index (χ3n) is 5.85. The van der Waals surface area contributed by atoms with Crippen LogP contribution in [0.1, 0.15) is 33.2 Å². The number of carbonyl (C=O) groups is 1. The van der Waals surface area contributed by atoms with Crippen LogP contribution < -0.4 is 10.6 Å². The molecule has 0 spiro atoms. The van der Waals surface area contributed by atoms with Crippen molar-refractivity contribution in [1.82, 2.24) is 29.9 Å². The minimum absolute atomic E-state index is 0.0175. The molecular weight excluding hydrogens is 481 g/mol. The quantitative estimate of drug-likeness (QED) is 0.338. The maximum Gasteiger partial charge on any atom is 0.252 e. The van der Waals surface area contributed by atoms with Crippen LogP contribution in [0.2, 0.25) is 5.02 Å². The van der Waals surface area contributed by atoms with Crippen LogP contribution in [0.4, 0.5) is 16.0 Å². The summed E-state index contributed by atoms with van der Waals surface area (Å²) in [4.78, 5) is 17.8. The normalized spacial score (nSPS) is 12.0. The van der Waals surface area contributed by atoms with Gasteiger partial charge in [-0.15, -0.1) is 0 Å². The number of hydrogen-bond acceptors (Lipinski definition) is 5. The van der Waals surface area contributed by atoms with Crippen molar-refractivity contribution >= 4 is 39.9 Å². The van der Waals surface area contributed by atoms with Crippen LogP contribution in [0.25, 0.3) is 10.8 Å². The second-order valence-corrected chi connectivity index (χ2v) is 8.99. The molecule has 0 saturated heterocycles. The predicted molar refractivity (Wildman–Crippen MR) is 137 cm³/mol. The van der Waals surface area contributed by atoms with Crippen LogP contribution in [0, 0.1) is 12.7 Å². The van der Waals surface area contributed by atoms with Gasteiger partial charge >= 0.3 is 0 Å². The number of benzene rings is 2. The SMILES string of the molecule is Cc1cc(Nc2cc3cc(C(=O)NC(c4ccc(Cl)c(F)c4)c4cnn(C)c4)ccc3cn2)n(C)n1. The van der Waals surface area contributed by atoms with Gasteiger partial charge in [0.05, 0.1) is 23.0 Å². The molecule has 0 aliphatic rings. The Morgan fingerprint density at radius 3 is 2.56 bits per heavy atom. The van der Waals surface area contributed by atoms with Gasteiger partial charge in [0, 0.05) is 49.1 Å². The zero-order valence-electron chi connectivity index (χ0n) is 19.8. The van der Waals surface area contributed by atoms with E-state index < -0.39 is 11.9 Å². The van der Waals surface area contributed by atoms with Gasteiger partial charge in [0.15, 0.2) is 0 Å². The topological polar surface area (TPSA) is 89.7 Å². The Labute approximate surface area is 211 Å². The maximum atomic E-state index is 14.2. The summed E-state index contributed by atoms with van der Waals surface area (Å²) in [6, 6.07) is 13.1. The molecule has 0 aliphatic heterocycles. The Morgan fingerprint density at radius 1 is 1.03 bits per heavy atom. The third kappa shape index (κ3) is 4.78. The number of carbonyl (C=O) groups excluding carboxylic acids is 1. The molecule has 1 unspecified atom stereocenters. The highest BCUT2D eigenvalue weighted by atomic mass is 35.5. The van der Waals surface area contributed by atoms with Gasteiger partial charge in [0.1, 0.15) is 17.5 Å². The van der Waals surface area contributed by atoms with Crippen LogP contribution in [0.15, 0.2) is 67.1 Å². The van der Waals surface area contributed by atoms with E-state index in [-0.39, 0.29) is 10.9 Å². The second-order valence-electron chi connectivity index (χ2n) is 8.58. The first-order chi connectivity index (χ1) is 17.3. The van der Waals surface area contributed by atoms with Crippen molar-refractivity contribution in [2.24, 2.45) is 14.1 Å². The number of nitrogens with zero attached hydrogens (tertiary/aromatic N) is 5. The maximum absolute atomic E-state index is 14.2. The molecule has 1 amide bonds. The fourth-order valence-corrected chi connectivity index (χ4v) is 4.18. The molecule has 10 heteroatoms. The van der Waals surface area contributed by atoms with Gasteiger partial charge in [-0.25, -0.2) is 9.37 Å². The van der Waals surface area contributed by atoms with E-state index >= 15 is 0 Å². The first-order valence-corrected chi connectivity index (χ1v) is 11.6. The van der Waals surface area contributed by atoms with Crippen molar-refractivity contribution < 1.29 is 9.18 Å². The predicted octanol–water partition coefficient (Wildman–Crippen LogP) is 5.07. The van der Waals surface area contributed by atoms with Crippen molar-refractivity contribution in [2.75, 3.05) is 5.32 Å². The molecule has 3 heterocycles. The van der Waals surface area contributed by atoms with Crippen LogP contribution >= 0.6 is 11.6 Å². The molecule has 0 aliphatic carbocycles. The minimum Gasteiger partial charge on any atom is -0.341 e. The first kappa shape index (κ1) is 23.5. The summed E-state index contributed by atoms with van der Waals surface area (Å²) >= 11 is 5.87. The number of rotatable bonds is 6. The molecule has 8 nitrogen and oxygen atoms in total. The van der Waals surface area contributed by atoms with Gasteiger partial charge < -0.3 is 10.6 Å². The fraction of sp³-hybridized carbons (Fsp3) is 0.154. The average molecular weight is 504 g/mol. The van der Waals surface area contributed by atoms with E-state index in [0.29, 0.717) is 16.9 Å². The largest absolute Gasteiger partial charge is 0.341 e. The van der Waals surface area contributed by atoms with E-state index in [4.69, 9.17) is 11.6 Å². The summed E-state index contributed by atoms with van der Waals surface area (Å²) < 4.78 is 17.6. The Bertz CT molecular complexity index is 1590. The number of halogens is 2. The molecule has 5 rings (SSSR count). The minimum atomic E-state index is -0.614. The lowest BCUT2D eigenvalue weighted by Crippen LogP contribution is -2.29. The van der Waals surface area contributed by atoms with Crippen LogP contribution in [-0.2, 0) is 14.1 Å². The number of nitrogens with one attached hydrogen (secondary N) is 2. The molecule has 2 N–H and O–H groups in total. The number of hydrogen-bond donors (Lipinski definition) is 2. The highest BCUT2D eigenvalue weighted by Gasteiger charge is 2.21. The summed E-state index contributed by atoms with van der Waals surface area (Å²) in [5, 5.41) is 16.5. The summed E-state index contributed by atoms with van der Waals surface area (Å²) in [5.74, 6) is 0.574. The van der Waals surface area contributed by atoms with Crippen molar-refractivity contribution in [3.63, 3.8) is 0 Å². The molecule has 0 fully saturated rings. The van der Waals surface area contributed by atoms with Crippen LogP contribution in [0.3, 0.4) is 0 Å². The lowest BCUT2D eigenvalue weighted by molar-refractivity contribution is 0.0943. The van der Waals surface area contributed by atoms with E-state index in [1.165, 1.54) is 12.1 Å². The Hall–Kier alpha value is -4.24. The second kappa shape index (κ2) is 9.43. The summed E-state index contributed by atoms with van der Waals surface area (Å²) in [6.45, 7) is 1.92. The number of aromatic nitrogens is 5. The Kier molecular flexibility index (Phi) is 6.15. The number of fused-ring (bicyclic) bond motifs is 1. The van der Waals surface area contributed by atoms with Gasteiger partial charge in [-0.2, -0.15) is 10.2 Å². The molecule has 3 aromatic heterocycles. The Morgan fingerprint density at radius 2 is 1.86 bits per heavy atom. The van der Waals surface area contributed by atoms with Crippen molar-refractivity contribution in [3.05, 3.63) is 100 Å². The van der Waals surface area contributed by atoms with Gasteiger partial charge in [-0.3, -0.25) is 14.2 Å². The monoisotopic (exact) mass is 503 g/mol. The van der Waals surface area contributed by atoms with E-state index in [0.717, 1.165) is 27.8 Å². The molecule has 1 atom stereocenters. The van der Waals surface area contributed by atoms with Gasteiger partial charge in [0.25, 0.3) is 5.91 Å². The van der Waals surface area contributed by atoms with Crippen molar-refractivity contribution in [3.8, 4) is 0 Å². The molecule has 2 aromatic carbocycles. The van der Waals surface area contributed by atoms with Crippen LogP contribution in [-0.4, -0.2) is 30.5 Å². The van der Waals surface area contributed by atoms with E-state index in [2.05, 4.69) is 25.8 Å². The third-order valence-corrected chi connectivity index (χ3v) is 6.16. The van der Waals surface area contributed by atoms with E-state index in [9.17, 15) is 9.18 Å². The molecule has 0 radical (unpaired) electrons. The molecular formula is C26H23ClFN7O. The standard InChI is InChI=1S/C26H23ClFN7O/c1-15-8-24(35(3)33-15)31-23-11-19-9-17(4-5-18(19)12-29-23)26(36)32-25(20-13-30-34(2)14-20)16-6-7-21(27)22(28)10-16/h4-14,25H,1-3H3,(H,29,31)(H,32,36). The smallest absolute Gasteiger partial charge is 0.252 e. The molecule has 0 bridgehead atoms. The zero-order valence-corrected chi connectivity index (χ0v) is 20.6. The molecule has 182 valence electrons. The van der Waals surface area contributed by atoms with Crippen molar-refractivity contribution in [2.45, 2.75) is 13.0 Å². The molecule has 0 saturated carbocycles. The van der Waals surface area contributed by atoms with Crippen molar-refractivity contribution in [1.29, 1.82) is 0 Å². The van der Waals surface area contributed by atoms with Gasteiger partial charge in [-0.1, -0.05) is 23.7 Å². The average Bonchev–Trinajstić information content (AvgIpc) is 3.42. The zero-order chi connectivity index (χ0) is 25.4. The number of amides is 1. The highest BCUT2D eigenvalue weighted by Crippen LogP contribution is 2.27. The van der Waals surface area contributed by atoms with E-state index in [1.807, 2.05) is 32.2 Å². The number of aryl methyl sites for hydroxylation is 3. The first-order valence-electron chi connectivity index (χ1n) is 11.2. The highest BCUT2D eigenvalue weighted by molar-refractivity contribution is 6.30. The molecule has 36 heavy (non-hydrogen) atoms. The molecule has 5 aromatic rings. The summed E-state index contributed by atoms with van der Waals surface area (Å²) in [7, 11) is 3.63.